The van der Waals surface area contributed by atoms with Crippen molar-refractivity contribution in [2.45, 2.75) is 4.90 Å². The average Bonchev–Trinajstić information content (AvgIpc) is 2.38. The van der Waals surface area contributed by atoms with Crippen LogP contribution < -0.4 is 11.3 Å². The van der Waals surface area contributed by atoms with E-state index < -0.39 is 15.0 Å². The molecule has 0 saturated heterocycles. The molecule has 0 unspecified atom stereocenters. The van der Waals surface area contributed by atoms with Gasteiger partial charge < -0.3 is 5.73 Å². The minimum Gasteiger partial charge on any atom is -0.383 e. The first-order chi connectivity index (χ1) is 8.91. The van der Waals surface area contributed by atoms with Gasteiger partial charge in [0, 0.05) is 18.0 Å². The molecule has 0 aliphatic carbocycles. The van der Waals surface area contributed by atoms with E-state index in [1.165, 1.54) is 30.1 Å². The van der Waals surface area contributed by atoms with Crippen molar-refractivity contribution in [3.05, 3.63) is 30.6 Å². The van der Waals surface area contributed by atoms with Gasteiger partial charge in [0.2, 0.25) is 0 Å². The van der Waals surface area contributed by atoms with Crippen LogP contribution >= 0.6 is 0 Å². The number of nitrogens with two attached hydrogens (primary N) is 1. The predicted molar refractivity (Wildman–Crippen MR) is 66.4 cm³/mol. The largest absolute Gasteiger partial charge is 0.383 e. The van der Waals surface area contributed by atoms with Crippen LogP contribution in [0.5, 0.6) is 0 Å². The maximum absolute atomic E-state index is 12.3. The number of pyridine rings is 2. The summed E-state index contributed by atoms with van der Waals surface area (Å²) in [6.07, 6.45) is 2.64. The first-order valence-corrected chi connectivity index (χ1v) is 6.42. The highest BCUT2D eigenvalue weighted by atomic mass is 32.2. The SMILES string of the molecule is Nc1ncc(-c2ccnc(NF)c2)cc1S(=O)(=O)O. The molecule has 0 atom stereocenters. The zero-order valence-corrected chi connectivity index (χ0v) is 10.2. The number of rotatable bonds is 3. The molecule has 0 aliphatic heterocycles. The summed E-state index contributed by atoms with van der Waals surface area (Å²) in [7, 11) is -4.47. The van der Waals surface area contributed by atoms with E-state index in [-0.39, 0.29) is 11.6 Å². The fraction of sp³-hybridized carbons (Fsp3) is 0. The van der Waals surface area contributed by atoms with Crippen LogP contribution in [0.4, 0.5) is 16.1 Å². The van der Waals surface area contributed by atoms with Crippen LogP contribution in [0.25, 0.3) is 11.1 Å². The van der Waals surface area contributed by atoms with Gasteiger partial charge in [-0.1, -0.05) is 0 Å². The lowest BCUT2D eigenvalue weighted by molar-refractivity contribution is 0.483. The van der Waals surface area contributed by atoms with E-state index in [1.807, 2.05) is 0 Å². The van der Waals surface area contributed by atoms with Crippen LogP contribution in [-0.4, -0.2) is 22.9 Å². The molecule has 4 N–H and O–H groups in total. The average molecular weight is 284 g/mol. The molecule has 2 rings (SSSR count). The summed E-state index contributed by atoms with van der Waals surface area (Å²) in [4.78, 5) is 6.85. The summed E-state index contributed by atoms with van der Waals surface area (Å²) >= 11 is 0. The Morgan fingerprint density at radius 1 is 1.26 bits per heavy atom. The number of hydrogen-bond acceptors (Lipinski definition) is 6. The van der Waals surface area contributed by atoms with Gasteiger partial charge in [-0.2, -0.15) is 8.42 Å². The second kappa shape index (κ2) is 4.78. The summed E-state index contributed by atoms with van der Waals surface area (Å²) in [5, 5.41) is 0. The molecule has 0 radical (unpaired) electrons. The van der Waals surface area contributed by atoms with E-state index in [2.05, 4.69) is 9.97 Å². The van der Waals surface area contributed by atoms with Crippen LogP contribution in [0, 0.1) is 0 Å². The minimum atomic E-state index is -4.47. The highest BCUT2D eigenvalue weighted by molar-refractivity contribution is 7.86. The molecule has 0 aromatic carbocycles. The molecule has 2 heterocycles. The van der Waals surface area contributed by atoms with Crippen molar-refractivity contribution < 1.29 is 17.5 Å². The fourth-order valence-corrected chi connectivity index (χ4v) is 2.07. The van der Waals surface area contributed by atoms with Crippen molar-refractivity contribution >= 4 is 21.8 Å². The molecular weight excluding hydrogens is 275 g/mol. The highest BCUT2D eigenvalue weighted by Crippen LogP contribution is 2.25. The molecule has 9 heteroatoms. The Morgan fingerprint density at radius 3 is 2.63 bits per heavy atom. The maximum atomic E-state index is 12.3. The minimum absolute atomic E-state index is 0.0391. The van der Waals surface area contributed by atoms with Crippen LogP contribution in [0.1, 0.15) is 0 Å². The number of anilines is 2. The van der Waals surface area contributed by atoms with Gasteiger partial charge in [-0.15, -0.1) is 4.48 Å². The third-order valence-corrected chi connectivity index (χ3v) is 3.23. The number of hydrogen-bond donors (Lipinski definition) is 3. The van der Waals surface area contributed by atoms with E-state index in [1.54, 1.807) is 0 Å². The highest BCUT2D eigenvalue weighted by Gasteiger charge is 2.16. The van der Waals surface area contributed by atoms with Crippen LogP contribution in [0.3, 0.4) is 0 Å². The Morgan fingerprint density at radius 2 is 2.00 bits per heavy atom. The van der Waals surface area contributed by atoms with E-state index in [0.29, 0.717) is 11.1 Å². The number of nitrogen functional groups attached to an aromatic ring is 1. The van der Waals surface area contributed by atoms with Gasteiger partial charge in [0.15, 0.2) is 5.82 Å². The zero-order valence-electron chi connectivity index (χ0n) is 9.41. The molecule has 19 heavy (non-hydrogen) atoms. The second-order valence-corrected chi connectivity index (χ2v) is 5.00. The van der Waals surface area contributed by atoms with E-state index >= 15 is 0 Å². The summed E-state index contributed by atoms with van der Waals surface area (Å²) < 4.78 is 43.5. The van der Waals surface area contributed by atoms with Crippen molar-refractivity contribution in [1.29, 1.82) is 0 Å². The van der Waals surface area contributed by atoms with Gasteiger partial charge in [-0.05, 0) is 23.8 Å². The van der Waals surface area contributed by atoms with Crippen molar-refractivity contribution in [2.75, 3.05) is 11.3 Å². The summed E-state index contributed by atoms with van der Waals surface area (Å²) in [5.41, 5.74) is 7.56. The number of nitrogens with one attached hydrogen (secondary N) is 1. The van der Waals surface area contributed by atoms with E-state index in [0.717, 1.165) is 6.07 Å². The van der Waals surface area contributed by atoms with E-state index in [4.69, 9.17) is 10.3 Å². The van der Waals surface area contributed by atoms with Crippen LogP contribution in [0.15, 0.2) is 35.5 Å². The van der Waals surface area contributed by atoms with E-state index in [9.17, 15) is 12.9 Å². The van der Waals surface area contributed by atoms with Gasteiger partial charge in [-0.25, -0.2) is 15.5 Å². The second-order valence-electron chi connectivity index (χ2n) is 3.61. The first kappa shape index (κ1) is 13.2. The molecule has 0 spiro atoms. The van der Waals surface area contributed by atoms with Gasteiger partial charge in [0.05, 0.1) is 0 Å². The molecule has 2 aromatic rings. The molecule has 0 bridgehead atoms. The summed E-state index contributed by atoms with van der Waals surface area (Å²) in [6.45, 7) is 0. The lowest BCUT2D eigenvalue weighted by atomic mass is 10.1. The number of nitrogens with zero attached hydrogens (tertiary/aromatic N) is 2. The quantitative estimate of drug-likeness (QED) is 0.573. The van der Waals surface area contributed by atoms with Crippen LogP contribution in [-0.2, 0) is 10.1 Å². The number of aromatic nitrogens is 2. The monoisotopic (exact) mass is 284 g/mol. The molecule has 2 aromatic heterocycles. The van der Waals surface area contributed by atoms with Crippen molar-refractivity contribution in [3.8, 4) is 11.1 Å². The van der Waals surface area contributed by atoms with Gasteiger partial charge in [-0.3, -0.25) is 4.55 Å². The fourth-order valence-electron chi connectivity index (χ4n) is 1.48. The van der Waals surface area contributed by atoms with Gasteiger partial charge in [0.1, 0.15) is 10.7 Å². The predicted octanol–water partition coefficient (Wildman–Crippen LogP) is 1.27. The Hall–Kier alpha value is -2.26. The normalized spacial score (nSPS) is 11.3. The summed E-state index contributed by atoms with van der Waals surface area (Å²) in [6, 6.07) is 4.03. The molecule has 7 nitrogen and oxygen atoms in total. The van der Waals surface area contributed by atoms with Gasteiger partial charge >= 0.3 is 0 Å². The Kier molecular flexibility index (Phi) is 3.32. The molecule has 0 fully saturated rings. The molecule has 100 valence electrons. The maximum Gasteiger partial charge on any atom is 0.298 e. The Balaban J connectivity index is 2.57. The Labute approximate surface area is 108 Å². The molecule has 0 saturated carbocycles. The first-order valence-electron chi connectivity index (χ1n) is 4.98. The number of halogens is 1. The zero-order chi connectivity index (χ0) is 14.0. The van der Waals surface area contributed by atoms with Crippen molar-refractivity contribution in [2.24, 2.45) is 0 Å². The van der Waals surface area contributed by atoms with Gasteiger partial charge in [0.25, 0.3) is 10.1 Å². The van der Waals surface area contributed by atoms with Crippen LogP contribution in [0.2, 0.25) is 0 Å². The topological polar surface area (TPSA) is 118 Å². The lowest BCUT2D eigenvalue weighted by Gasteiger charge is -2.06. The third kappa shape index (κ3) is 2.77. The standard InChI is InChI=1S/C10H9FN4O3S/c11-15-9-4-6(1-2-13-9)7-3-8(19(16,17)18)10(12)14-5-7/h1-5H,(H2,12,14)(H,13,15)(H,16,17,18). The smallest absolute Gasteiger partial charge is 0.298 e. The molecule has 0 amide bonds. The van der Waals surface area contributed by atoms with Crippen molar-refractivity contribution in [3.63, 3.8) is 0 Å². The summed E-state index contributed by atoms with van der Waals surface area (Å²) in [5.74, 6) is -0.355. The molecular formula is C10H9FN4O3S. The lowest BCUT2D eigenvalue weighted by Crippen LogP contribution is -2.05. The van der Waals surface area contributed by atoms with Crippen molar-refractivity contribution in [1.82, 2.24) is 9.97 Å². The third-order valence-electron chi connectivity index (χ3n) is 2.35. The Bertz CT molecular complexity index is 720. The molecule has 0 aliphatic rings.